The molecule has 0 aromatic heterocycles. The summed E-state index contributed by atoms with van der Waals surface area (Å²) in [5.41, 5.74) is 12.6. The van der Waals surface area contributed by atoms with Crippen molar-refractivity contribution in [1.29, 1.82) is 0 Å². The van der Waals surface area contributed by atoms with Gasteiger partial charge in [0.15, 0.2) is 0 Å². The number of aryl methyl sites for hydroxylation is 2. The molecule has 288 valence electrons. The van der Waals surface area contributed by atoms with Gasteiger partial charge in [-0.25, -0.2) is 0 Å². The molecule has 0 saturated heterocycles. The van der Waals surface area contributed by atoms with Gasteiger partial charge in [0.05, 0.1) is 0 Å². The van der Waals surface area contributed by atoms with Gasteiger partial charge in [0.25, 0.3) is 0 Å². The van der Waals surface area contributed by atoms with Crippen LogP contribution in [0.5, 0.6) is 0 Å². The van der Waals surface area contributed by atoms with Gasteiger partial charge in [0.1, 0.15) is 0 Å². The van der Waals surface area contributed by atoms with E-state index in [0.29, 0.717) is 10.8 Å². The minimum atomic E-state index is 0. The van der Waals surface area contributed by atoms with Crippen LogP contribution in [0, 0.1) is 25.7 Å². The first kappa shape index (κ1) is 47.9. The number of fused-ring (bicyclic) bond motifs is 2. The second-order valence-corrected chi connectivity index (χ2v) is 15.3. The molecule has 6 aromatic rings. The Morgan fingerprint density at radius 3 is 1.19 bits per heavy atom. The summed E-state index contributed by atoms with van der Waals surface area (Å²) in [5, 5.41) is 5.64. The van der Waals surface area contributed by atoms with Crippen molar-refractivity contribution in [1.82, 2.24) is 0 Å². The summed E-state index contributed by atoms with van der Waals surface area (Å²) in [4.78, 5) is 0. The molecule has 2 aliphatic carbocycles. The summed E-state index contributed by atoms with van der Waals surface area (Å²) in [7, 11) is 0. The quantitative estimate of drug-likeness (QED) is 0.0850. The summed E-state index contributed by atoms with van der Waals surface area (Å²) >= 11 is 1.36. The molecule has 2 fully saturated rings. The Bertz CT molecular complexity index is 1850. The molecule has 0 aliphatic heterocycles. The van der Waals surface area contributed by atoms with Crippen LogP contribution in [0.15, 0.2) is 109 Å². The first-order valence-electron chi connectivity index (χ1n) is 19.3. The normalized spacial score (nSPS) is 14.1. The van der Waals surface area contributed by atoms with Crippen LogP contribution in [-0.2, 0) is 49.0 Å². The third kappa shape index (κ3) is 11.4. The van der Waals surface area contributed by atoms with Gasteiger partial charge in [0, 0.05) is 0 Å². The van der Waals surface area contributed by atoms with E-state index < -0.39 is 0 Å². The summed E-state index contributed by atoms with van der Waals surface area (Å²) in [6.07, 6.45) is 15.8. The van der Waals surface area contributed by atoms with E-state index in [1.54, 1.807) is 0 Å². The van der Waals surface area contributed by atoms with Crippen LogP contribution in [0.2, 0.25) is 0 Å². The third-order valence-electron chi connectivity index (χ3n) is 11.6. The van der Waals surface area contributed by atoms with Crippen molar-refractivity contribution in [3.8, 4) is 22.3 Å². The fraction of sp³-hybridized carbons (Fsp3) is 0.360. The SMILES string of the molecule is CCCC1(Cc2cc3c(-c4ccc(CC)cc4)cccc3[cH-]2)CC1.CCCC1(Cc2cc3c(-c4ccc(CC)cc4)cccc3[cH-]2)CC1.Cl.Cl.[CH3-].[CH3-].[Si]=[Zr]. The Kier molecular flexibility index (Phi) is 19.4. The number of benzene rings is 4. The Morgan fingerprint density at radius 1 is 0.537 bits per heavy atom. The Hall–Kier alpha value is -2.22. The van der Waals surface area contributed by atoms with Crippen LogP contribution in [0.3, 0.4) is 0 Å². The van der Waals surface area contributed by atoms with Gasteiger partial charge in [-0.05, 0) is 97.3 Å². The Balaban J connectivity index is 0.000000334. The van der Waals surface area contributed by atoms with Gasteiger partial charge < -0.3 is 14.9 Å². The number of rotatable bonds is 12. The molecule has 0 nitrogen and oxygen atoms in total. The van der Waals surface area contributed by atoms with Gasteiger partial charge in [0.2, 0.25) is 0 Å². The molecule has 2 aliphatic rings. The van der Waals surface area contributed by atoms with Crippen molar-refractivity contribution < 1.29 is 23.3 Å². The zero-order chi connectivity index (χ0) is 35.1. The van der Waals surface area contributed by atoms with Gasteiger partial charge in [-0.1, -0.05) is 112 Å². The minimum absolute atomic E-state index is 0. The second-order valence-electron chi connectivity index (χ2n) is 15.3. The molecule has 0 amide bonds. The Morgan fingerprint density at radius 2 is 0.889 bits per heavy atom. The van der Waals surface area contributed by atoms with Crippen LogP contribution >= 0.6 is 24.8 Å². The first-order chi connectivity index (χ1) is 24.5. The molecule has 4 heteroatoms. The molecule has 54 heavy (non-hydrogen) atoms. The fourth-order valence-corrected chi connectivity index (χ4v) is 8.45. The predicted octanol–water partition coefficient (Wildman–Crippen LogP) is 15.2. The molecule has 0 spiro atoms. The summed E-state index contributed by atoms with van der Waals surface area (Å²) in [5.74, 6) is 0. The van der Waals surface area contributed by atoms with Gasteiger partial charge in [-0.3, -0.25) is 0 Å². The van der Waals surface area contributed by atoms with Crippen molar-refractivity contribution in [3.63, 3.8) is 0 Å². The van der Waals surface area contributed by atoms with E-state index in [4.69, 9.17) is 0 Å². The molecule has 6 aromatic carbocycles. The van der Waals surface area contributed by atoms with E-state index in [2.05, 4.69) is 144 Å². The van der Waals surface area contributed by atoms with Crippen molar-refractivity contribution in [2.75, 3.05) is 0 Å². The maximum absolute atomic E-state index is 3.06. The number of hydrogen-bond donors (Lipinski definition) is 0. The van der Waals surface area contributed by atoms with Gasteiger partial charge >= 0.3 is 30.2 Å². The van der Waals surface area contributed by atoms with E-state index >= 15 is 0 Å². The third-order valence-corrected chi connectivity index (χ3v) is 11.6. The molecule has 2 radical (unpaired) electrons. The predicted molar refractivity (Wildman–Crippen MR) is 242 cm³/mol. The standard InChI is InChI=1S/2C24H27.2CH3.2ClH.Si.Zr/c2*1-3-12-24(13-14-24)17-19-15-21-6-5-7-22(23(21)16-19)20-10-8-18(4-2)9-11-20;;;;;;/h2*5-11,15-16H,3-4,12-14,17H2,1-2H3;2*1H3;2*1H;;/q4*-1;;;;. The zero-order valence-corrected chi connectivity index (χ0v) is 38.8. The molecular formula is C50H62Cl2SiZr-4. The van der Waals surface area contributed by atoms with Crippen LogP contribution < -0.4 is 0 Å². The average molecular weight is 853 g/mol. The topological polar surface area (TPSA) is 0 Å². The number of hydrogen-bond acceptors (Lipinski definition) is 0. The van der Waals surface area contributed by atoms with Crippen molar-refractivity contribution in [2.24, 2.45) is 10.8 Å². The van der Waals surface area contributed by atoms with Crippen molar-refractivity contribution in [2.45, 2.75) is 105 Å². The molecule has 0 N–H and O–H groups in total. The monoisotopic (exact) mass is 850 g/mol. The van der Waals surface area contributed by atoms with Crippen LogP contribution in [0.4, 0.5) is 0 Å². The molecule has 2 saturated carbocycles. The van der Waals surface area contributed by atoms with E-state index in [-0.39, 0.29) is 39.7 Å². The maximum atomic E-state index is 3.06. The average Bonchev–Trinajstić information content (AvgIpc) is 4.00. The zero-order valence-electron chi connectivity index (χ0n) is 33.7. The van der Waals surface area contributed by atoms with Crippen LogP contribution in [0.1, 0.15) is 101 Å². The van der Waals surface area contributed by atoms with Crippen LogP contribution in [0.25, 0.3) is 43.8 Å². The molecule has 8 rings (SSSR count). The van der Waals surface area contributed by atoms with Crippen molar-refractivity contribution in [3.05, 3.63) is 146 Å². The molecule has 0 atom stereocenters. The summed E-state index contributed by atoms with van der Waals surface area (Å²) < 4.78 is 0. The van der Waals surface area contributed by atoms with Crippen molar-refractivity contribution >= 4 is 53.2 Å². The van der Waals surface area contributed by atoms with E-state index in [1.807, 2.05) is 0 Å². The molecule has 0 unspecified atom stereocenters. The summed E-state index contributed by atoms with van der Waals surface area (Å²) in [6, 6.07) is 41.4. The number of halogens is 2. The molecule has 0 heterocycles. The Labute approximate surface area is 358 Å². The van der Waals surface area contributed by atoms with Gasteiger partial charge in [-0.15, -0.1) is 93.9 Å². The molecule has 0 bridgehead atoms. The van der Waals surface area contributed by atoms with E-state index in [0.717, 1.165) is 12.8 Å². The summed E-state index contributed by atoms with van der Waals surface area (Å²) in [6.45, 7) is 12.1. The van der Waals surface area contributed by atoms with E-state index in [9.17, 15) is 0 Å². The molecular weight excluding hydrogens is 791 g/mol. The fourth-order valence-electron chi connectivity index (χ4n) is 8.45. The van der Waals surface area contributed by atoms with E-state index in [1.165, 1.54) is 154 Å². The van der Waals surface area contributed by atoms with Gasteiger partial charge in [-0.2, -0.15) is 12.1 Å². The second kappa shape index (κ2) is 21.9. The van der Waals surface area contributed by atoms with Crippen LogP contribution in [-0.4, -0.2) is 6.88 Å². The first-order valence-corrected chi connectivity index (χ1v) is 23.4.